The number of carbonyl (C=O) groups excluding carboxylic acids is 1. The van der Waals surface area contributed by atoms with E-state index in [1.54, 1.807) is 13.8 Å². The Hall–Kier alpha value is -1.43. The van der Waals surface area contributed by atoms with Crippen LogP contribution in [0.15, 0.2) is 17.7 Å². The molecule has 0 bridgehead atoms. The van der Waals surface area contributed by atoms with Crippen molar-refractivity contribution < 1.29 is 18.8 Å². The van der Waals surface area contributed by atoms with Crippen LogP contribution in [0.3, 0.4) is 0 Å². The fourth-order valence-electron chi connectivity index (χ4n) is 6.42. The second-order valence-corrected chi connectivity index (χ2v) is 17.4. The SMILES string of the molecule is Cc1cc2c3c(c1)C1=C(C(C)(C)O)C(=O)C[C@]1(C)C[C@H]3O[Si](C(C)(C)C)(C(C)(C)C)O2. The summed E-state index contributed by atoms with van der Waals surface area (Å²) in [7, 11) is -2.73. The quantitative estimate of drug-likeness (QED) is 0.512. The second kappa shape index (κ2) is 6.33. The van der Waals surface area contributed by atoms with E-state index in [-0.39, 0.29) is 27.4 Å². The largest absolute Gasteiger partial charge is 0.519 e. The normalized spacial score (nSPS) is 27.7. The Morgan fingerprint density at radius 1 is 1.06 bits per heavy atom. The molecule has 1 aliphatic heterocycles. The molecule has 1 N–H and O–H groups in total. The number of aliphatic hydroxyl groups is 1. The highest BCUT2D eigenvalue weighted by molar-refractivity contribution is 6.74. The third-order valence-electron chi connectivity index (χ3n) is 7.35. The minimum Gasteiger partial charge on any atom is -0.519 e. The molecule has 0 fully saturated rings. The molecule has 4 rings (SSSR count). The minimum atomic E-state index is -2.73. The van der Waals surface area contributed by atoms with Crippen molar-refractivity contribution in [2.24, 2.45) is 5.41 Å². The van der Waals surface area contributed by atoms with Crippen LogP contribution in [-0.4, -0.2) is 25.1 Å². The van der Waals surface area contributed by atoms with E-state index in [0.717, 1.165) is 34.4 Å². The van der Waals surface area contributed by atoms with Gasteiger partial charge in [-0.25, -0.2) is 0 Å². The number of fused-ring (bicyclic) bond motifs is 2. The summed E-state index contributed by atoms with van der Waals surface area (Å²) in [4.78, 5) is 13.1. The molecule has 0 saturated carbocycles. The van der Waals surface area contributed by atoms with Gasteiger partial charge in [-0.2, -0.15) is 0 Å². The summed E-state index contributed by atoms with van der Waals surface area (Å²) in [5.74, 6) is 0.960. The number of ketones is 1. The first-order chi connectivity index (χ1) is 13.9. The van der Waals surface area contributed by atoms with Crippen molar-refractivity contribution >= 4 is 19.9 Å². The van der Waals surface area contributed by atoms with Crippen molar-refractivity contribution in [3.8, 4) is 5.75 Å². The molecule has 4 nitrogen and oxygen atoms in total. The van der Waals surface area contributed by atoms with Crippen LogP contribution in [0.1, 0.15) is 97.9 Å². The van der Waals surface area contributed by atoms with Gasteiger partial charge in [-0.15, -0.1) is 0 Å². The van der Waals surface area contributed by atoms with Gasteiger partial charge < -0.3 is 14.0 Å². The number of allylic oxidation sites excluding steroid dienone is 1. The smallest absolute Gasteiger partial charge is 0.410 e. The van der Waals surface area contributed by atoms with Crippen LogP contribution in [0.4, 0.5) is 0 Å². The maximum atomic E-state index is 13.1. The average molecular weight is 443 g/mol. The van der Waals surface area contributed by atoms with Crippen molar-refractivity contribution in [3.05, 3.63) is 34.4 Å². The first-order valence-electron chi connectivity index (χ1n) is 11.4. The van der Waals surface area contributed by atoms with Gasteiger partial charge in [0.2, 0.25) is 0 Å². The Morgan fingerprint density at radius 3 is 2.16 bits per heavy atom. The van der Waals surface area contributed by atoms with E-state index in [9.17, 15) is 9.90 Å². The van der Waals surface area contributed by atoms with Gasteiger partial charge in [0, 0.05) is 33.0 Å². The Balaban J connectivity index is 2.04. The molecule has 5 heteroatoms. The molecule has 0 spiro atoms. The lowest BCUT2D eigenvalue weighted by Crippen LogP contribution is -2.62. The lowest BCUT2D eigenvalue weighted by molar-refractivity contribution is -0.117. The molecule has 0 amide bonds. The number of Topliss-reactive ketones (excluding diaryl/α,β-unsaturated/α-hetero) is 1. The van der Waals surface area contributed by atoms with E-state index in [0.29, 0.717) is 12.0 Å². The Kier molecular flexibility index (Phi) is 4.64. The number of hydrogen-bond donors (Lipinski definition) is 1. The lowest BCUT2D eigenvalue weighted by Gasteiger charge is -2.55. The van der Waals surface area contributed by atoms with Crippen molar-refractivity contribution in [2.75, 3.05) is 0 Å². The Morgan fingerprint density at radius 2 is 1.65 bits per heavy atom. The average Bonchev–Trinajstić information content (AvgIpc) is 2.82. The first-order valence-corrected chi connectivity index (χ1v) is 13.3. The zero-order valence-electron chi connectivity index (χ0n) is 20.8. The fraction of sp³-hybridized carbons (Fsp3) is 0.654. The third kappa shape index (κ3) is 3.11. The first kappa shape index (κ1) is 22.7. The molecule has 0 radical (unpaired) electrons. The van der Waals surface area contributed by atoms with E-state index in [4.69, 9.17) is 8.85 Å². The van der Waals surface area contributed by atoms with Gasteiger partial charge in [-0.3, -0.25) is 4.79 Å². The van der Waals surface area contributed by atoms with Gasteiger partial charge in [-0.05, 0) is 50.0 Å². The van der Waals surface area contributed by atoms with Gasteiger partial charge in [0.1, 0.15) is 5.75 Å². The molecule has 1 aromatic carbocycles. The highest BCUT2D eigenvalue weighted by atomic mass is 28.4. The van der Waals surface area contributed by atoms with Crippen LogP contribution >= 0.6 is 0 Å². The number of aryl methyl sites for hydroxylation is 1. The van der Waals surface area contributed by atoms with Crippen molar-refractivity contribution in [1.82, 2.24) is 0 Å². The van der Waals surface area contributed by atoms with Crippen LogP contribution in [0, 0.1) is 12.3 Å². The van der Waals surface area contributed by atoms with E-state index in [2.05, 4.69) is 67.5 Å². The van der Waals surface area contributed by atoms with Crippen molar-refractivity contribution in [1.29, 1.82) is 0 Å². The summed E-state index contributed by atoms with van der Waals surface area (Å²) >= 11 is 0. The molecular formula is C26H38O4Si. The van der Waals surface area contributed by atoms with Crippen LogP contribution in [-0.2, 0) is 9.22 Å². The topological polar surface area (TPSA) is 55.8 Å². The molecule has 3 aliphatic rings. The minimum absolute atomic E-state index is 0.0509. The summed E-state index contributed by atoms with van der Waals surface area (Å²) < 4.78 is 14.1. The predicted molar refractivity (Wildman–Crippen MR) is 126 cm³/mol. The van der Waals surface area contributed by atoms with Crippen LogP contribution < -0.4 is 4.43 Å². The predicted octanol–water partition coefficient (Wildman–Crippen LogP) is 6.39. The maximum Gasteiger partial charge on any atom is 0.410 e. The van der Waals surface area contributed by atoms with Crippen LogP contribution in [0.25, 0.3) is 5.57 Å². The van der Waals surface area contributed by atoms with Crippen LogP contribution in [0.5, 0.6) is 5.75 Å². The Bertz CT molecular complexity index is 986. The molecule has 31 heavy (non-hydrogen) atoms. The summed E-state index contributed by atoms with van der Waals surface area (Å²) in [5, 5.41) is 10.6. The zero-order valence-corrected chi connectivity index (χ0v) is 21.8. The molecule has 1 heterocycles. The van der Waals surface area contributed by atoms with Crippen molar-refractivity contribution in [3.63, 3.8) is 0 Å². The summed E-state index contributed by atoms with van der Waals surface area (Å²) in [6, 6.07) is 4.29. The summed E-state index contributed by atoms with van der Waals surface area (Å²) in [6.45, 7) is 21.1. The zero-order chi connectivity index (χ0) is 23.4. The lowest BCUT2D eigenvalue weighted by atomic mass is 9.67. The highest BCUT2D eigenvalue weighted by Gasteiger charge is 2.65. The number of hydrogen-bond acceptors (Lipinski definition) is 4. The van der Waals surface area contributed by atoms with Crippen molar-refractivity contribution in [2.45, 2.75) is 104 Å². The molecule has 2 atom stereocenters. The molecule has 2 aliphatic carbocycles. The van der Waals surface area contributed by atoms with Gasteiger partial charge in [0.05, 0.1) is 11.7 Å². The number of benzene rings is 1. The summed E-state index contributed by atoms with van der Waals surface area (Å²) in [6.07, 6.45) is 1.05. The van der Waals surface area contributed by atoms with E-state index >= 15 is 0 Å². The molecule has 1 aromatic rings. The monoisotopic (exact) mass is 442 g/mol. The standard InChI is InChI=1S/C26H38O4Si/c1-15-11-16-20-18(12-15)29-31(23(2,3)4,24(5,6)7)30-19(20)14-26(10)13-17(27)22(21(16)26)25(8,9)28/h11-12,19,28H,13-14H2,1-10H3/t19-,26-/m1/s1. The van der Waals surface area contributed by atoms with Gasteiger partial charge in [0.25, 0.3) is 0 Å². The highest BCUT2D eigenvalue weighted by Crippen LogP contribution is 2.65. The third-order valence-corrected chi connectivity index (χ3v) is 12.4. The maximum absolute atomic E-state index is 13.1. The molecule has 0 aromatic heterocycles. The number of rotatable bonds is 1. The number of carbonyl (C=O) groups is 1. The summed E-state index contributed by atoms with van der Waals surface area (Å²) in [5.41, 5.74) is 3.22. The van der Waals surface area contributed by atoms with E-state index in [1.807, 2.05) is 0 Å². The van der Waals surface area contributed by atoms with E-state index < -0.39 is 14.2 Å². The second-order valence-electron chi connectivity index (χ2n) is 12.7. The fourth-order valence-corrected chi connectivity index (χ4v) is 11.1. The molecule has 0 saturated heterocycles. The molecule has 170 valence electrons. The molecule has 0 unspecified atom stereocenters. The van der Waals surface area contributed by atoms with Gasteiger partial charge in [-0.1, -0.05) is 54.5 Å². The van der Waals surface area contributed by atoms with Crippen LogP contribution in [0.2, 0.25) is 10.1 Å². The van der Waals surface area contributed by atoms with Gasteiger partial charge in [0.15, 0.2) is 5.78 Å². The molecular weight excluding hydrogens is 404 g/mol. The van der Waals surface area contributed by atoms with Gasteiger partial charge >= 0.3 is 8.56 Å². The Labute approximate surface area is 188 Å². The van der Waals surface area contributed by atoms with E-state index in [1.165, 1.54) is 0 Å².